The van der Waals surface area contributed by atoms with Gasteiger partial charge in [0.05, 0.1) is 25.0 Å². The summed E-state index contributed by atoms with van der Waals surface area (Å²) in [6, 6.07) is 33.2. The molecule has 14 heteroatoms. The first-order chi connectivity index (χ1) is 28.4. The number of hydrogen-bond acceptors (Lipinski definition) is 8. The van der Waals surface area contributed by atoms with Gasteiger partial charge in [0, 0.05) is 125 Å². The van der Waals surface area contributed by atoms with Crippen molar-refractivity contribution in [2.75, 3.05) is 61.6 Å². The second-order valence-electron chi connectivity index (χ2n) is 13.7. The average Bonchev–Trinajstić information content (AvgIpc) is 3.25. The van der Waals surface area contributed by atoms with Gasteiger partial charge in [0.25, 0.3) is 0 Å². The minimum atomic E-state index is 0. The van der Waals surface area contributed by atoms with Crippen molar-refractivity contribution in [3.8, 4) is 12.1 Å². The molecule has 0 fully saturated rings. The smallest absolute Gasteiger partial charge is 0.220 e. The summed E-state index contributed by atoms with van der Waals surface area (Å²) < 4.78 is 4.33. The summed E-state index contributed by atoms with van der Waals surface area (Å²) in [6.07, 6.45) is 15.9. The third-order valence-electron chi connectivity index (χ3n) is 9.33. The summed E-state index contributed by atoms with van der Waals surface area (Å²) in [5.41, 5.74) is 6.51. The fourth-order valence-electron chi connectivity index (χ4n) is 6.00. The van der Waals surface area contributed by atoms with Crippen LogP contribution in [0.2, 0.25) is 0 Å². The molecule has 2 aromatic heterocycles. The lowest BCUT2D eigenvalue weighted by atomic mass is 10.1. The SMILES string of the molecule is CN(CCC#N)c1ccc(/C=C/c2cccc[n+]2CCCC(=O)NCCSSCCNC(=O)CCC[n+]2ccccc2/C=C/c2ccc(N(C)CCC#N)cc2)cc1.[Cl-].[Cl-]. The van der Waals surface area contributed by atoms with Gasteiger partial charge < -0.3 is 45.2 Å². The molecule has 4 rings (SSSR count). The van der Waals surface area contributed by atoms with Crippen LogP contribution in [0.1, 0.15) is 61.0 Å². The molecule has 0 aliphatic rings. The standard InChI is InChI=1S/C46H54N8O2S2.2ClH/c1-51(31-9-27-47)41-21-15-39(16-22-41)19-25-43-11-3-5-33-53(43)35-7-13-45(55)49-29-37-57-58-38-30-50-46(56)14-8-36-54-34-6-4-12-44(54)26-20-40-17-23-42(24-18-40)52(2)32-10-28-48;;/h3-6,11-12,15-26,33-34H,7-10,13-14,29-32,35-38H2,1-2H3;2*1H. The van der Waals surface area contributed by atoms with Gasteiger partial charge in [0.15, 0.2) is 12.4 Å². The first-order valence-corrected chi connectivity index (χ1v) is 22.3. The summed E-state index contributed by atoms with van der Waals surface area (Å²) >= 11 is 0. The molecule has 0 atom stereocenters. The number of hydrogen-bond donors (Lipinski definition) is 2. The molecule has 0 aliphatic carbocycles. The average molecular weight is 888 g/mol. The lowest BCUT2D eigenvalue weighted by Gasteiger charge is -2.17. The highest BCUT2D eigenvalue weighted by Crippen LogP contribution is 2.20. The minimum Gasteiger partial charge on any atom is -1.00 e. The molecule has 0 spiro atoms. The normalized spacial score (nSPS) is 10.6. The topological polar surface area (TPSA) is 120 Å². The number of carbonyl (C=O) groups is 2. The largest absolute Gasteiger partial charge is 1.00 e. The van der Waals surface area contributed by atoms with E-state index in [4.69, 9.17) is 10.5 Å². The van der Waals surface area contributed by atoms with Gasteiger partial charge in [-0.3, -0.25) is 9.59 Å². The van der Waals surface area contributed by atoms with Gasteiger partial charge in [0.2, 0.25) is 23.2 Å². The number of amides is 2. The molecular formula is C46H56Cl2N8O2S2. The summed E-state index contributed by atoms with van der Waals surface area (Å²) in [7, 11) is 7.40. The highest BCUT2D eigenvalue weighted by Gasteiger charge is 2.11. The predicted molar refractivity (Wildman–Crippen MR) is 240 cm³/mol. The van der Waals surface area contributed by atoms with Gasteiger partial charge in [-0.1, -0.05) is 45.9 Å². The number of pyridine rings is 2. The van der Waals surface area contributed by atoms with Crippen LogP contribution in [-0.4, -0.2) is 63.6 Å². The molecule has 2 amide bonds. The van der Waals surface area contributed by atoms with Crippen molar-refractivity contribution in [3.05, 3.63) is 120 Å². The molecule has 2 aromatic carbocycles. The molecule has 0 saturated heterocycles. The van der Waals surface area contributed by atoms with E-state index >= 15 is 0 Å². The Hall–Kier alpha value is -4.98. The summed E-state index contributed by atoms with van der Waals surface area (Å²) in [5, 5.41) is 23.7. The van der Waals surface area contributed by atoms with Crippen LogP contribution in [0.25, 0.3) is 24.3 Å². The van der Waals surface area contributed by atoms with E-state index in [2.05, 4.69) is 127 Å². The maximum atomic E-state index is 12.5. The van der Waals surface area contributed by atoms with Crippen molar-refractivity contribution in [2.24, 2.45) is 0 Å². The molecule has 2 heterocycles. The molecular weight excluding hydrogens is 832 g/mol. The molecule has 318 valence electrons. The van der Waals surface area contributed by atoms with Crippen molar-refractivity contribution in [2.45, 2.75) is 51.6 Å². The Kier molecular flexibility index (Phi) is 25.7. The number of halogens is 2. The first-order valence-electron chi connectivity index (χ1n) is 19.8. The van der Waals surface area contributed by atoms with Gasteiger partial charge in [-0.15, -0.1) is 0 Å². The molecule has 0 aliphatic heterocycles. The van der Waals surface area contributed by atoms with E-state index in [9.17, 15) is 9.59 Å². The molecule has 0 bridgehead atoms. The van der Waals surface area contributed by atoms with Crippen LogP contribution in [0, 0.1) is 22.7 Å². The van der Waals surface area contributed by atoms with Crippen molar-refractivity contribution < 1.29 is 43.5 Å². The number of rotatable bonds is 25. The van der Waals surface area contributed by atoms with E-state index < -0.39 is 0 Å². The van der Waals surface area contributed by atoms with Crippen molar-refractivity contribution in [1.82, 2.24) is 10.6 Å². The highest BCUT2D eigenvalue weighted by atomic mass is 35.5. The molecule has 0 saturated carbocycles. The van der Waals surface area contributed by atoms with Crippen LogP contribution in [-0.2, 0) is 22.7 Å². The summed E-state index contributed by atoms with van der Waals surface area (Å²) in [4.78, 5) is 29.1. The van der Waals surface area contributed by atoms with Crippen LogP contribution in [0.5, 0.6) is 0 Å². The Bertz CT molecular complexity index is 1870. The molecule has 10 nitrogen and oxygen atoms in total. The second-order valence-corrected chi connectivity index (χ2v) is 16.4. The summed E-state index contributed by atoms with van der Waals surface area (Å²) in [5.74, 6) is 1.74. The fourth-order valence-corrected chi connectivity index (χ4v) is 7.82. The zero-order valence-corrected chi connectivity index (χ0v) is 37.7. The van der Waals surface area contributed by atoms with Crippen LogP contribution in [0.4, 0.5) is 11.4 Å². The maximum Gasteiger partial charge on any atom is 0.220 e. The van der Waals surface area contributed by atoms with Crippen LogP contribution in [0.3, 0.4) is 0 Å². The quantitative estimate of drug-likeness (QED) is 0.0580. The number of nitriles is 2. The van der Waals surface area contributed by atoms with Gasteiger partial charge in [-0.05, 0) is 59.7 Å². The number of nitrogens with one attached hydrogen (secondary N) is 2. The maximum absolute atomic E-state index is 12.5. The van der Waals surface area contributed by atoms with Crippen LogP contribution >= 0.6 is 21.6 Å². The lowest BCUT2D eigenvalue weighted by Crippen LogP contribution is -3.00. The monoisotopic (exact) mass is 886 g/mol. The van der Waals surface area contributed by atoms with Gasteiger partial charge in [0.1, 0.15) is 13.1 Å². The van der Waals surface area contributed by atoms with E-state index in [1.165, 1.54) is 0 Å². The van der Waals surface area contributed by atoms with Gasteiger partial charge in [-0.25, -0.2) is 0 Å². The minimum absolute atomic E-state index is 0. The van der Waals surface area contributed by atoms with Gasteiger partial charge in [-0.2, -0.15) is 19.7 Å². The summed E-state index contributed by atoms with van der Waals surface area (Å²) in [6.45, 7) is 4.14. The Balaban J connectivity index is 0.00000620. The van der Waals surface area contributed by atoms with E-state index in [-0.39, 0.29) is 36.6 Å². The number of aromatic nitrogens is 2. The van der Waals surface area contributed by atoms with Crippen molar-refractivity contribution in [1.29, 1.82) is 10.5 Å². The molecule has 2 N–H and O–H groups in total. The predicted octanol–water partition coefficient (Wildman–Crippen LogP) is 1.18. The number of benzene rings is 2. The Morgan fingerprint density at radius 1 is 0.617 bits per heavy atom. The molecule has 0 unspecified atom stereocenters. The third kappa shape index (κ3) is 19.4. The van der Waals surface area contributed by atoms with E-state index in [1.54, 1.807) is 21.6 Å². The van der Waals surface area contributed by atoms with E-state index in [1.807, 2.05) is 50.8 Å². The molecule has 4 aromatic rings. The Morgan fingerprint density at radius 3 is 1.40 bits per heavy atom. The first kappa shape index (κ1) is 51.2. The second kappa shape index (κ2) is 30.1. The Morgan fingerprint density at radius 2 is 1.02 bits per heavy atom. The van der Waals surface area contributed by atoms with E-state index in [0.29, 0.717) is 51.9 Å². The van der Waals surface area contributed by atoms with Crippen LogP contribution < -0.4 is 54.4 Å². The fraction of sp³-hybridized carbons (Fsp3) is 0.348. The molecule has 60 heavy (non-hydrogen) atoms. The zero-order valence-electron chi connectivity index (χ0n) is 34.5. The number of anilines is 2. The lowest BCUT2D eigenvalue weighted by molar-refractivity contribution is -0.699. The third-order valence-corrected chi connectivity index (χ3v) is 11.7. The van der Waals surface area contributed by atoms with Crippen molar-refractivity contribution in [3.63, 3.8) is 0 Å². The number of nitrogens with zero attached hydrogens (tertiary/aromatic N) is 6. The van der Waals surface area contributed by atoms with Crippen LogP contribution in [0.15, 0.2) is 97.3 Å². The zero-order chi connectivity index (χ0) is 41.2. The highest BCUT2D eigenvalue weighted by molar-refractivity contribution is 8.76. The molecule has 0 radical (unpaired) electrons. The van der Waals surface area contributed by atoms with Gasteiger partial charge >= 0.3 is 0 Å². The Labute approximate surface area is 377 Å². The van der Waals surface area contributed by atoms with E-state index in [0.717, 1.165) is 71.3 Å². The number of aryl methyl sites for hydroxylation is 2. The van der Waals surface area contributed by atoms with Crippen molar-refractivity contribution >= 4 is 69.1 Å². The number of carbonyl (C=O) groups excluding carboxylic acids is 2.